The minimum Gasteiger partial charge on any atom is -0.355 e. The molecule has 3 aromatic rings. The molecule has 0 saturated heterocycles. The number of fused-ring (bicyclic) bond motifs is 3. The second-order valence-electron chi connectivity index (χ2n) is 5.81. The molecule has 2 N–H and O–H groups in total. The number of amides is 1. The van der Waals surface area contributed by atoms with E-state index >= 15 is 0 Å². The first-order chi connectivity index (χ1) is 11.2. The van der Waals surface area contributed by atoms with Gasteiger partial charge in [0.05, 0.1) is 16.6 Å². The Hall–Kier alpha value is -2.33. The Balaban J connectivity index is 1.69. The van der Waals surface area contributed by atoms with Gasteiger partial charge in [-0.1, -0.05) is 29.8 Å². The van der Waals surface area contributed by atoms with Crippen molar-refractivity contribution in [1.29, 1.82) is 0 Å². The molecule has 4 nitrogen and oxygen atoms in total. The Morgan fingerprint density at radius 3 is 3.00 bits per heavy atom. The predicted octanol–water partition coefficient (Wildman–Crippen LogP) is 4.02. The number of pyridine rings is 1. The number of halogens is 1. The molecule has 23 heavy (non-hydrogen) atoms. The van der Waals surface area contributed by atoms with Gasteiger partial charge in [-0.3, -0.25) is 9.78 Å². The first-order valence-electron chi connectivity index (χ1n) is 7.75. The van der Waals surface area contributed by atoms with Crippen LogP contribution in [-0.4, -0.2) is 15.9 Å². The van der Waals surface area contributed by atoms with Crippen molar-refractivity contribution in [1.82, 2.24) is 15.3 Å². The average Bonchev–Trinajstić information content (AvgIpc) is 2.97. The molecule has 0 fully saturated rings. The molecular weight excluding hydrogens is 310 g/mol. The molecule has 2 aromatic heterocycles. The van der Waals surface area contributed by atoms with Crippen LogP contribution in [0.1, 0.15) is 40.6 Å². The topological polar surface area (TPSA) is 57.8 Å². The number of aromatic nitrogens is 2. The minimum absolute atomic E-state index is 0.0308. The zero-order chi connectivity index (χ0) is 15.8. The fourth-order valence-corrected chi connectivity index (χ4v) is 3.55. The SMILES string of the molecule is O=C(N[C@H]1CCCc2c1[nH]c1c(Cl)cccc21)c1ccccn1. The van der Waals surface area contributed by atoms with Gasteiger partial charge in [0, 0.05) is 17.3 Å². The van der Waals surface area contributed by atoms with Crippen molar-refractivity contribution in [3.05, 3.63) is 64.6 Å². The normalized spacial score (nSPS) is 17.0. The van der Waals surface area contributed by atoms with E-state index < -0.39 is 0 Å². The molecule has 2 heterocycles. The summed E-state index contributed by atoms with van der Waals surface area (Å²) in [6, 6.07) is 11.2. The second kappa shape index (κ2) is 5.70. The van der Waals surface area contributed by atoms with E-state index in [1.54, 1.807) is 18.3 Å². The van der Waals surface area contributed by atoms with Gasteiger partial charge in [0.1, 0.15) is 5.69 Å². The third-order valence-electron chi connectivity index (χ3n) is 4.39. The summed E-state index contributed by atoms with van der Waals surface area (Å²) in [5.74, 6) is -0.145. The molecule has 0 saturated carbocycles. The van der Waals surface area contributed by atoms with Gasteiger partial charge >= 0.3 is 0 Å². The highest BCUT2D eigenvalue weighted by molar-refractivity contribution is 6.35. The minimum atomic E-state index is -0.145. The number of hydrogen-bond donors (Lipinski definition) is 2. The lowest BCUT2D eigenvalue weighted by Gasteiger charge is -2.23. The van der Waals surface area contributed by atoms with E-state index in [2.05, 4.69) is 21.4 Å². The summed E-state index contributed by atoms with van der Waals surface area (Å²) < 4.78 is 0. The number of benzene rings is 1. The van der Waals surface area contributed by atoms with E-state index in [1.165, 1.54) is 5.56 Å². The molecule has 0 radical (unpaired) electrons. The van der Waals surface area contributed by atoms with Crippen LogP contribution in [0.25, 0.3) is 10.9 Å². The molecule has 0 bridgehead atoms. The molecule has 1 amide bonds. The maximum Gasteiger partial charge on any atom is 0.270 e. The zero-order valence-electron chi connectivity index (χ0n) is 12.5. The number of hydrogen-bond acceptors (Lipinski definition) is 2. The third kappa shape index (κ3) is 2.49. The summed E-state index contributed by atoms with van der Waals surface area (Å²) in [6.45, 7) is 0. The van der Waals surface area contributed by atoms with Crippen molar-refractivity contribution in [2.45, 2.75) is 25.3 Å². The van der Waals surface area contributed by atoms with E-state index in [0.717, 1.165) is 35.9 Å². The van der Waals surface area contributed by atoms with E-state index in [0.29, 0.717) is 10.7 Å². The number of nitrogens with one attached hydrogen (secondary N) is 2. The monoisotopic (exact) mass is 325 g/mol. The molecule has 1 aliphatic carbocycles. The van der Waals surface area contributed by atoms with Crippen molar-refractivity contribution in [2.75, 3.05) is 0 Å². The largest absolute Gasteiger partial charge is 0.355 e. The number of para-hydroxylation sites is 1. The van der Waals surface area contributed by atoms with Crippen LogP contribution >= 0.6 is 11.6 Å². The van der Waals surface area contributed by atoms with Crippen LogP contribution in [0.2, 0.25) is 5.02 Å². The summed E-state index contributed by atoms with van der Waals surface area (Å²) >= 11 is 6.30. The highest BCUT2D eigenvalue weighted by Crippen LogP contribution is 2.36. The maximum absolute atomic E-state index is 12.4. The highest BCUT2D eigenvalue weighted by Gasteiger charge is 2.26. The lowest BCUT2D eigenvalue weighted by Crippen LogP contribution is -2.31. The van der Waals surface area contributed by atoms with Crippen LogP contribution < -0.4 is 5.32 Å². The van der Waals surface area contributed by atoms with Gasteiger partial charge in [-0.2, -0.15) is 0 Å². The Morgan fingerprint density at radius 2 is 2.17 bits per heavy atom. The van der Waals surface area contributed by atoms with Crippen LogP contribution in [0, 0.1) is 0 Å². The van der Waals surface area contributed by atoms with Crippen molar-refractivity contribution in [3.63, 3.8) is 0 Å². The van der Waals surface area contributed by atoms with E-state index in [-0.39, 0.29) is 11.9 Å². The van der Waals surface area contributed by atoms with Crippen molar-refractivity contribution >= 4 is 28.4 Å². The molecule has 0 spiro atoms. The molecule has 0 aliphatic heterocycles. The molecule has 0 unspecified atom stereocenters. The van der Waals surface area contributed by atoms with Gasteiger partial charge in [-0.15, -0.1) is 0 Å². The molecule has 1 aliphatic rings. The van der Waals surface area contributed by atoms with Gasteiger partial charge in [-0.25, -0.2) is 0 Å². The van der Waals surface area contributed by atoms with Crippen LogP contribution in [0.3, 0.4) is 0 Å². The molecule has 116 valence electrons. The number of aromatic amines is 1. The highest BCUT2D eigenvalue weighted by atomic mass is 35.5. The Kier molecular flexibility index (Phi) is 3.54. The number of carbonyl (C=O) groups excluding carboxylic acids is 1. The maximum atomic E-state index is 12.4. The lowest BCUT2D eigenvalue weighted by molar-refractivity contribution is 0.0927. The van der Waals surface area contributed by atoms with Crippen molar-refractivity contribution < 1.29 is 4.79 Å². The van der Waals surface area contributed by atoms with Crippen molar-refractivity contribution in [2.24, 2.45) is 0 Å². The van der Waals surface area contributed by atoms with Crippen LogP contribution in [0.4, 0.5) is 0 Å². The average molecular weight is 326 g/mol. The second-order valence-corrected chi connectivity index (χ2v) is 6.22. The Morgan fingerprint density at radius 1 is 1.26 bits per heavy atom. The summed E-state index contributed by atoms with van der Waals surface area (Å²) in [4.78, 5) is 19.9. The van der Waals surface area contributed by atoms with Crippen LogP contribution in [0.15, 0.2) is 42.6 Å². The summed E-state index contributed by atoms with van der Waals surface area (Å²) in [5.41, 5.74) is 3.73. The van der Waals surface area contributed by atoms with Gasteiger partial charge in [-0.05, 0) is 43.0 Å². The van der Waals surface area contributed by atoms with E-state index in [1.807, 2.05) is 18.2 Å². The van der Waals surface area contributed by atoms with Crippen molar-refractivity contribution in [3.8, 4) is 0 Å². The Labute approximate surface area is 138 Å². The zero-order valence-corrected chi connectivity index (χ0v) is 13.2. The molecule has 4 rings (SSSR count). The third-order valence-corrected chi connectivity index (χ3v) is 4.71. The summed E-state index contributed by atoms with van der Waals surface area (Å²) in [7, 11) is 0. The number of rotatable bonds is 2. The number of H-pyrrole nitrogens is 1. The van der Waals surface area contributed by atoms with Crippen LogP contribution in [-0.2, 0) is 6.42 Å². The lowest BCUT2D eigenvalue weighted by atomic mass is 9.91. The quantitative estimate of drug-likeness (QED) is 0.747. The van der Waals surface area contributed by atoms with E-state index in [9.17, 15) is 4.79 Å². The summed E-state index contributed by atoms with van der Waals surface area (Å²) in [5, 5.41) is 4.97. The molecule has 5 heteroatoms. The Bertz CT molecular complexity index is 873. The predicted molar refractivity (Wildman–Crippen MR) is 90.7 cm³/mol. The van der Waals surface area contributed by atoms with Gasteiger partial charge in [0.15, 0.2) is 0 Å². The number of carbonyl (C=O) groups is 1. The first-order valence-corrected chi connectivity index (χ1v) is 8.12. The molecule has 1 atom stereocenters. The number of aryl methyl sites for hydroxylation is 1. The van der Waals surface area contributed by atoms with Crippen LogP contribution in [0.5, 0.6) is 0 Å². The summed E-state index contributed by atoms with van der Waals surface area (Å²) in [6.07, 6.45) is 4.59. The molecular formula is C18H16ClN3O. The smallest absolute Gasteiger partial charge is 0.270 e. The first kappa shape index (κ1) is 14.3. The fourth-order valence-electron chi connectivity index (χ4n) is 3.33. The van der Waals surface area contributed by atoms with Gasteiger partial charge in [0.25, 0.3) is 5.91 Å². The molecule has 1 aromatic carbocycles. The fraction of sp³-hybridized carbons (Fsp3) is 0.222. The van der Waals surface area contributed by atoms with E-state index in [4.69, 9.17) is 11.6 Å². The standard InChI is InChI=1S/C18H16ClN3O/c19-13-7-3-5-11-12-6-4-9-14(17(12)22-16(11)13)21-18(23)15-8-1-2-10-20-15/h1-3,5,7-8,10,14,22H,4,6,9H2,(H,21,23)/t14-/m0/s1. The number of nitrogens with zero attached hydrogens (tertiary/aromatic N) is 1. The van der Waals surface area contributed by atoms with Gasteiger partial charge in [0.2, 0.25) is 0 Å². The van der Waals surface area contributed by atoms with Gasteiger partial charge < -0.3 is 10.3 Å².